The second-order valence-corrected chi connectivity index (χ2v) is 2.48. The summed E-state index contributed by atoms with van der Waals surface area (Å²) in [6.07, 6.45) is 1.93. The summed E-state index contributed by atoms with van der Waals surface area (Å²) in [4.78, 5) is 31.1. The third-order valence-electron chi connectivity index (χ3n) is 1.23. The second kappa shape index (κ2) is 6.82. The zero-order valence-electron chi connectivity index (χ0n) is 8.11. The molecule has 5 heteroatoms. The molecule has 78 valence electrons. The van der Waals surface area contributed by atoms with Crippen molar-refractivity contribution in [3.63, 3.8) is 0 Å². The molecule has 0 aromatic rings. The van der Waals surface area contributed by atoms with Gasteiger partial charge >= 0.3 is 11.9 Å². The van der Waals surface area contributed by atoms with E-state index in [1.54, 1.807) is 0 Å². The van der Waals surface area contributed by atoms with E-state index in [4.69, 9.17) is 0 Å². The van der Waals surface area contributed by atoms with Crippen LogP contribution in [0, 0.1) is 0 Å². The van der Waals surface area contributed by atoms with Crippen LogP contribution in [0.5, 0.6) is 0 Å². The van der Waals surface area contributed by atoms with Crippen LogP contribution in [0.25, 0.3) is 0 Å². The van der Waals surface area contributed by atoms with Crippen LogP contribution in [0.1, 0.15) is 13.8 Å². The summed E-state index contributed by atoms with van der Waals surface area (Å²) in [5.41, 5.74) is 0.265. The maximum Gasteiger partial charge on any atom is 0.302 e. The lowest BCUT2D eigenvalue weighted by Gasteiger charge is -2.01. The highest BCUT2D eigenvalue weighted by Gasteiger charge is 1.99. The molecule has 0 radical (unpaired) electrons. The molecule has 0 aliphatic rings. The molecule has 0 amide bonds. The normalized spacial score (nSPS) is 10.6. The van der Waals surface area contributed by atoms with Crippen LogP contribution in [0.3, 0.4) is 0 Å². The fraction of sp³-hybridized carbons (Fsp3) is 0.444. The van der Waals surface area contributed by atoms with Crippen molar-refractivity contribution in [3.8, 4) is 0 Å². The molecule has 5 nitrogen and oxygen atoms in total. The Morgan fingerprint density at radius 3 is 2.14 bits per heavy atom. The Morgan fingerprint density at radius 1 is 1.14 bits per heavy atom. The van der Waals surface area contributed by atoms with Crippen LogP contribution in [0.2, 0.25) is 0 Å². The molecule has 14 heavy (non-hydrogen) atoms. The first kappa shape index (κ1) is 12.3. The fourth-order valence-electron chi connectivity index (χ4n) is 0.592. The summed E-state index contributed by atoms with van der Waals surface area (Å²) in [6.45, 7) is 2.42. The number of carbonyl (C=O) groups excluding carboxylic acids is 3. The van der Waals surface area contributed by atoms with Gasteiger partial charge in [0.05, 0.1) is 0 Å². The molecule has 0 rings (SSSR count). The van der Waals surface area contributed by atoms with Gasteiger partial charge in [0.2, 0.25) is 0 Å². The Labute approximate surface area is 81.7 Å². The molecular formula is C9H12O5. The number of carbonyl (C=O) groups is 3. The lowest BCUT2D eigenvalue weighted by atomic mass is 10.3. The number of rotatable bonds is 5. The van der Waals surface area contributed by atoms with E-state index in [9.17, 15) is 14.4 Å². The van der Waals surface area contributed by atoms with Crippen molar-refractivity contribution >= 4 is 18.2 Å². The summed E-state index contributed by atoms with van der Waals surface area (Å²) in [5.74, 6) is -0.899. The van der Waals surface area contributed by atoms with E-state index in [0.29, 0.717) is 6.29 Å². The summed E-state index contributed by atoms with van der Waals surface area (Å²) in [7, 11) is 0. The van der Waals surface area contributed by atoms with Gasteiger partial charge in [-0.1, -0.05) is 0 Å². The maximum absolute atomic E-state index is 10.4. The van der Waals surface area contributed by atoms with E-state index in [-0.39, 0.29) is 18.8 Å². The standard InChI is InChI=1S/C9H12O5/c1-7(11)13-4-3-9(5-10)6-14-8(2)12/h3,5H,4,6H2,1-2H3/b9-3+. The lowest BCUT2D eigenvalue weighted by Crippen LogP contribution is -2.06. The van der Waals surface area contributed by atoms with Crippen molar-refractivity contribution in [2.24, 2.45) is 0 Å². The minimum absolute atomic E-state index is 0.00463. The Morgan fingerprint density at radius 2 is 1.71 bits per heavy atom. The van der Waals surface area contributed by atoms with Crippen molar-refractivity contribution in [1.82, 2.24) is 0 Å². The summed E-state index contributed by atoms with van der Waals surface area (Å²) in [6, 6.07) is 0. The van der Waals surface area contributed by atoms with Gasteiger partial charge < -0.3 is 9.47 Å². The summed E-state index contributed by atoms with van der Waals surface area (Å²) >= 11 is 0. The molecule has 0 heterocycles. The zero-order valence-corrected chi connectivity index (χ0v) is 8.11. The van der Waals surface area contributed by atoms with Crippen molar-refractivity contribution in [3.05, 3.63) is 11.6 Å². The van der Waals surface area contributed by atoms with Crippen LogP contribution >= 0.6 is 0 Å². The van der Waals surface area contributed by atoms with E-state index in [1.165, 1.54) is 19.9 Å². The average molecular weight is 200 g/mol. The molecule has 0 aromatic carbocycles. The minimum Gasteiger partial charge on any atom is -0.462 e. The van der Waals surface area contributed by atoms with E-state index in [1.807, 2.05) is 0 Å². The number of esters is 2. The third kappa shape index (κ3) is 7.02. The van der Waals surface area contributed by atoms with E-state index < -0.39 is 11.9 Å². The van der Waals surface area contributed by atoms with Crippen LogP contribution < -0.4 is 0 Å². The number of aldehydes is 1. The molecule has 0 saturated carbocycles. The number of hydrogen-bond donors (Lipinski definition) is 0. The smallest absolute Gasteiger partial charge is 0.302 e. The Kier molecular flexibility index (Phi) is 6.02. The molecule has 0 fully saturated rings. The van der Waals surface area contributed by atoms with E-state index >= 15 is 0 Å². The largest absolute Gasteiger partial charge is 0.462 e. The van der Waals surface area contributed by atoms with Gasteiger partial charge in [-0.05, 0) is 6.08 Å². The summed E-state index contributed by atoms with van der Waals surface area (Å²) < 4.78 is 9.14. The van der Waals surface area contributed by atoms with E-state index in [0.717, 1.165) is 0 Å². The molecule has 0 saturated heterocycles. The number of ether oxygens (including phenoxy) is 2. The average Bonchev–Trinajstić information content (AvgIpc) is 2.10. The van der Waals surface area contributed by atoms with Crippen molar-refractivity contribution in [2.75, 3.05) is 13.2 Å². The first-order valence-electron chi connectivity index (χ1n) is 3.97. The molecule has 0 spiro atoms. The highest BCUT2D eigenvalue weighted by atomic mass is 16.5. The Bertz CT molecular complexity index is 254. The molecule has 0 aromatic heterocycles. The van der Waals surface area contributed by atoms with Crippen LogP contribution in [-0.4, -0.2) is 31.4 Å². The SMILES string of the molecule is CC(=O)OC/C=C(\C=O)COC(C)=O. The van der Waals surface area contributed by atoms with Gasteiger partial charge in [-0.25, -0.2) is 0 Å². The van der Waals surface area contributed by atoms with Gasteiger partial charge in [-0.3, -0.25) is 14.4 Å². The van der Waals surface area contributed by atoms with Gasteiger partial charge in [-0.15, -0.1) is 0 Å². The van der Waals surface area contributed by atoms with Gasteiger partial charge in [-0.2, -0.15) is 0 Å². The first-order valence-corrected chi connectivity index (χ1v) is 3.97. The fourth-order valence-corrected chi connectivity index (χ4v) is 0.592. The molecule has 0 N–H and O–H groups in total. The third-order valence-corrected chi connectivity index (χ3v) is 1.23. The minimum atomic E-state index is -0.467. The predicted octanol–water partition coefficient (Wildman–Crippen LogP) is 0.238. The van der Waals surface area contributed by atoms with Gasteiger partial charge in [0, 0.05) is 19.4 Å². The molecule has 0 atom stereocenters. The highest BCUT2D eigenvalue weighted by Crippen LogP contribution is 1.92. The molecule has 0 aliphatic carbocycles. The van der Waals surface area contributed by atoms with E-state index in [2.05, 4.69) is 9.47 Å². The topological polar surface area (TPSA) is 69.7 Å². The van der Waals surface area contributed by atoms with Gasteiger partial charge in [0.25, 0.3) is 0 Å². The maximum atomic E-state index is 10.4. The second-order valence-electron chi connectivity index (χ2n) is 2.48. The lowest BCUT2D eigenvalue weighted by molar-refractivity contribution is -0.141. The zero-order chi connectivity index (χ0) is 11.0. The molecule has 0 aliphatic heterocycles. The van der Waals surface area contributed by atoms with Crippen molar-refractivity contribution < 1.29 is 23.9 Å². The summed E-state index contributed by atoms with van der Waals surface area (Å²) in [5, 5.41) is 0. The van der Waals surface area contributed by atoms with Crippen molar-refractivity contribution in [2.45, 2.75) is 13.8 Å². The van der Waals surface area contributed by atoms with Crippen LogP contribution in [-0.2, 0) is 23.9 Å². The Balaban J connectivity index is 3.92. The van der Waals surface area contributed by atoms with Crippen LogP contribution in [0.15, 0.2) is 11.6 Å². The number of hydrogen-bond acceptors (Lipinski definition) is 5. The van der Waals surface area contributed by atoms with Crippen LogP contribution in [0.4, 0.5) is 0 Å². The molecule has 0 bridgehead atoms. The van der Waals surface area contributed by atoms with Crippen molar-refractivity contribution in [1.29, 1.82) is 0 Å². The van der Waals surface area contributed by atoms with Gasteiger partial charge in [0.15, 0.2) is 0 Å². The molecule has 0 unspecified atom stereocenters. The predicted molar refractivity (Wildman–Crippen MR) is 47.4 cm³/mol. The first-order chi connectivity index (χ1) is 6.56. The van der Waals surface area contributed by atoms with Gasteiger partial charge in [0.1, 0.15) is 19.5 Å². The Hall–Kier alpha value is -1.65. The molecular weight excluding hydrogens is 188 g/mol. The quantitative estimate of drug-likeness (QED) is 0.361. The monoisotopic (exact) mass is 200 g/mol. The highest BCUT2D eigenvalue weighted by molar-refractivity contribution is 5.75.